The van der Waals surface area contributed by atoms with Crippen LogP contribution in [0.25, 0.3) is 0 Å². The molecule has 1 aliphatic carbocycles. The van der Waals surface area contributed by atoms with Gasteiger partial charge >= 0.3 is 24.0 Å². The molecular weight excluding hydrogens is 391 g/mol. The van der Waals surface area contributed by atoms with Crippen molar-refractivity contribution in [1.29, 1.82) is 0 Å². The zero-order chi connectivity index (χ0) is 21.3. The summed E-state index contributed by atoms with van der Waals surface area (Å²) in [7, 11) is 0. The standard InChI is InChI=1S/C19H20F3N3O4/c1-11-6-2-5-9-14(11)25-17(28)16(27)24(18(25)29)10-15(26)23-13-8-4-3-7-12(13)19(20,21)22/h3-4,7-8,11,14H,2,5-6,9-10H2,1H3,(H,23,26)/t11-,14-/m1/s1. The summed E-state index contributed by atoms with van der Waals surface area (Å²) >= 11 is 0. The highest BCUT2D eigenvalue weighted by atomic mass is 19.4. The average molecular weight is 411 g/mol. The van der Waals surface area contributed by atoms with Gasteiger partial charge in [-0.25, -0.2) is 9.69 Å². The topological polar surface area (TPSA) is 86.8 Å². The number of carbonyl (C=O) groups excluding carboxylic acids is 4. The molecule has 0 aromatic heterocycles. The van der Waals surface area contributed by atoms with Crippen molar-refractivity contribution in [3.63, 3.8) is 0 Å². The van der Waals surface area contributed by atoms with E-state index >= 15 is 0 Å². The first-order valence-corrected chi connectivity index (χ1v) is 9.26. The third-order valence-corrected chi connectivity index (χ3v) is 5.29. The summed E-state index contributed by atoms with van der Waals surface area (Å²) in [5.74, 6) is -3.13. The minimum atomic E-state index is -4.69. The minimum absolute atomic E-state index is 0.0249. The van der Waals surface area contributed by atoms with Crippen LogP contribution in [0, 0.1) is 5.92 Å². The van der Waals surface area contributed by atoms with Gasteiger partial charge < -0.3 is 5.32 Å². The first-order chi connectivity index (χ1) is 13.6. The van der Waals surface area contributed by atoms with Gasteiger partial charge in [0.05, 0.1) is 11.3 Å². The van der Waals surface area contributed by atoms with E-state index in [9.17, 15) is 32.3 Å². The monoisotopic (exact) mass is 411 g/mol. The Morgan fingerprint density at radius 2 is 1.76 bits per heavy atom. The number of hydrogen-bond donors (Lipinski definition) is 1. The second-order valence-corrected chi connectivity index (χ2v) is 7.27. The van der Waals surface area contributed by atoms with Crippen LogP contribution in [0.1, 0.15) is 38.2 Å². The molecule has 0 radical (unpaired) electrons. The lowest BCUT2D eigenvalue weighted by Crippen LogP contribution is -2.46. The molecular formula is C19H20F3N3O4. The van der Waals surface area contributed by atoms with Crippen molar-refractivity contribution < 1.29 is 32.3 Å². The van der Waals surface area contributed by atoms with Gasteiger partial charge in [0.25, 0.3) is 0 Å². The highest BCUT2D eigenvalue weighted by Crippen LogP contribution is 2.35. The molecule has 1 aliphatic heterocycles. The second kappa shape index (κ2) is 7.84. The van der Waals surface area contributed by atoms with Crippen LogP contribution in [0.4, 0.5) is 23.7 Å². The van der Waals surface area contributed by atoms with Crippen molar-refractivity contribution in [2.45, 2.75) is 44.8 Å². The Hall–Kier alpha value is -2.91. The number of halogens is 3. The Kier molecular flexibility index (Phi) is 5.63. The lowest BCUT2D eigenvalue weighted by Gasteiger charge is -2.34. The fraction of sp³-hybridized carbons (Fsp3) is 0.474. The number of hydrogen-bond acceptors (Lipinski definition) is 4. The maximum atomic E-state index is 13.1. The molecule has 1 aromatic rings. The van der Waals surface area contributed by atoms with Crippen molar-refractivity contribution in [2.24, 2.45) is 5.92 Å². The molecule has 0 spiro atoms. The summed E-state index contributed by atoms with van der Waals surface area (Å²) in [6, 6.07) is 3.03. The Bertz CT molecular complexity index is 855. The molecule has 1 aromatic carbocycles. The molecule has 1 saturated heterocycles. The van der Waals surface area contributed by atoms with Crippen LogP contribution in [-0.2, 0) is 20.6 Å². The fourth-order valence-electron chi connectivity index (χ4n) is 3.81. The van der Waals surface area contributed by atoms with Gasteiger partial charge in [0.15, 0.2) is 0 Å². The number of amides is 5. The van der Waals surface area contributed by atoms with E-state index < -0.39 is 53.8 Å². The zero-order valence-corrected chi connectivity index (χ0v) is 15.7. The number of nitrogens with zero attached hydrogens (tertiary/aromatic N) is 2. The zero-order valence-electron chi connectivity index (χ0n) is 15.7. The Balaban J connectivity index is 1.74. The predicted octanol–water partition coefficient (Wildman–Crippen LogP) is 3.01. The molecule has 2 atom stereocenters. The molecule has 156 valence electrons. The first-order valence-electron chi connectivity index (χ1n) is 9.26. The fourth-order valence-corrected chi connectivity index (χ4v) is 3.81. The van der Waals surface area contributed by atoms with Crippen LogP contribution in [0.3, 0.4) is 0 Å². The van der Waals surface area contributed by atoms with E-state index in [4.69, 9.17) is 0 Å². The summed E-state index contributed by atoms with van der Waals surface area (Å²) in [5, 5.41) is 2.07. The van der Waals surface area contributed by atoms with Crippen LogP contribution in [0.2, 0.25) is 0 Å². The smallest absolute Gasteiger partial charge is 0.324 e. The van der Waals surface area contributed by atoms with Crippen molar-refractivity contribution in [3.8, 4) is 0 Å². The van der Waals surface area contributed by atoms with Gasteiger partial charge in [0, 0.05) is 6.04 Å². The van der Waals surface area contributed by atoms with Gasteiger partial charge in [-0.3, -0.25) is 19.3 Å². The van der Waals surface area contributed by atoms with Gasteiger partial charge in [-0.1, -0.05) is 31.9 Å². The first kappa shape index (κ1) is 20.8. The molecule has 3 rings (SSSR count). The molecule has 10 heteroatoms. The molecule has 2 fully saturated rings. The van der Waals surface area contributed by atoms with E-state index in [1.807, 2.05) is 6.92 Å². The lowest BCUT2D eigenvalue weighted by atomic mass is 9.85. The van der Waals surface area contributed by atoms with Gasteiger partial charge in [0.1, 0.15) is 6.54 Å². The van der Waals surface area contributed by atoms with E-state index in [1.54, 1.807) is 0 Å². The quantitative estimate of drug-likeness (QED) is 0.610. The number of anilines is 1. The number of rotatable bonds is 4. The van der Waals surface area contributed by atoms with Gasteiger partial charge in [0.2, 0.25) is 5.91 Å². The van der Waals surface area contributed by atoms with Gasteiger partial charge in [-0.15, -0.1) is 0 Å². The van der Waals surface area contributed by atoms with Crippen molar-refractivity contribution in [1.82, 2.24) is 9.80 Å². The maximum Gasteiger partial charge on any atom is 0.418 e. The maximum absolute atomic E-state index is 13.1. The van der Waals surface area contributed by atoms with E-state index in [0.29, 0.717) is 11.3 Å². The largest absolute Gasteiger partial charge is 0.418 e. The van der Waals surface area contributed by atoms with Crippen LogP contribution in [0.15, 0.2) is 24.3 Å². The SMILES string of the molecule is C[C@@H]1CCCC[C@H]1N1C(=O)C(=O)N(CC(=O)Nc2ccccc2C(F)(F)F)C1=O. The number of carbonyl (C=O) groups is 4. The number of urea groups is 1. The van der Waals surface area contributed by atoms with Crippen molar-refractivity contribution in [3.05, 3.63) is 29.8 Å². The summed E-state index contributed by atoms with van der Waals surface area (Å²) < 4.78 is 39.2. The highest BCUT2D eigenvalue weighted by molar-refractivity contribution is 6.45. The van der Waals surface area contributed by atoms with E-state index in [0.717, 1.165) is 36.3 Å². The Morgan fingerprint density at radius 1 is 1.10 bits per heavy atom. The number of benzene rings is 1. The molecule has 7 nitrogen and oxygen atoms in total. The number of imide groups is 2. The molecule has 1 heterocycles. The summed E-state index contributed by atoms with van der Waals surface area (Å²) in [5.41, 5.74) is -1.55. The van der Waals surface area contributed by atoms with Crippen LogP contribution in [0.5, 0.6) is 0 Å². The molecule has 0 unspecified atom stereocenters. The lowest BCUT2D eigenvalue weighted by molar-refractivity contribution is -0.145. The van der Waals surface area contributed by atoms with E-state index in [-0.39, 0.29) is 5.92 Å². The van der Waals surface area contributed by atoms with Crippen LogP contribution < -0.4 is 5.32 Å². The number of alkyl halides is 3. The normalized spacial score (nSPS) is 23.0. The van der Waals surface area contributed by atoms with Gasteiger partial charge in [-0.2, -0.15) is 13.2 Å². The predicted molar refractivity (Wildman–Crippen MR) is 95.4 cm³/mol. The van der Waals surface area contributed by atoms with E-state index in [2.05, 4.69) is 5.32 Å². The molecule has 29 heavy (non-hydrogen) atoms. The Labute approximate surface area is 164 Å². The second-order valence-electron chi connectivity index (χ2n) is 7.27. The number of nitrogens with one attached hydrogen (secondary N) is 1. The molecule has 0 bridgehead atoms. The Morgan fingerprint density at radius 3 is 2.41 bits per heavy atom. The van der Waals surface area contributed by atoms with Gasteiger partial charge in [-0.05, 0) is 30.9 Å². The number of para-hydroxylation sites is 1. The molecule has 1 saturated carbocycles. The minimum Gasteiger partial charge on any atom is -0.324 e. The third-order valence-electron chi connectivity index (χ3n) is 5.29. The van der Waals surface area contributed by atoms with Crippen LogP contribution in [-0.4, -0.2) is 46.1 Å². The summed E-state index contributed by atoms with van der Waals surface area (Å²) in [4.78, 5) is 50.8. The van der Waals surface area contributed by atoms with Crippen molar-refractivity contribution in [2.75, 3.05) is 11.9 Å². The average Bonchev–Trinajstić information content (AvgIpc) is 2.85. The van der Waals surface area contributed by atoms with Crippen LogP contribution >= 0.6 is 0 Å². The molecule has 2 aliphatic rings. The van der Waals surface area contributed by atoms with E-state index in [1.165, 1.54) is 12.1 Å². The summed E-state index contributed by atoms with van der Waals surface area (Å²) in [6.45, 7) is 1.05. The highest BCUT2D eigenvalue weighted by Gasteiger charge is 2.49. The third kappa shape index (κ3) is 4.10. The van der Waals surface area contributed by atoms with Crippen molar-refractivity contribution >= 4 is 29.4 Å². The molecule has 5 amide bonds. The molecule has 1 N–H and O–H groups in total. The summed E-state index contributed by atoms with van der Waals surface area (Å²) in [6.07, 6.45) is -1.52.